The summed E-state index contributed by atoms with van der Waals surface area (Å²) in [5, 5.41) is 1.04. The quantitative estimate of drug-likeness (QED) is 0.605. The number of aromatic amines is 1. The van der Waals surface area contributed by atoms with Crippen molar-refractivity contribution in [2.24, 2.45) is 0 Å². The number of rotatable bonds is 3. The van der Waals surface area contributed by atoms with Crippen molar-refractivity contribution in [1.29, 1.82) is 0 Å². The molecule has 0 spiro atoms. The van der Waals surface area contributed by atoms with Crippen molar-refractivity contribution in [3.05, 3.63) is 90.0 Å². The number of benzene rings is 2. The minimum atomic E-state index is -0.258. The summed E-state index contributed by atoms with van der Waals surface area (Å²) in [6, 6.07) is 16.3. The lowest BCUT2D eigenvalue weighted by molar-refractivity contribution is 0.534. The predicted molar refractivity (Wildman–Crippen MR) is 82.1 cm³/mol. The van der Waals surface area contributed by atoms with Gasteiger partial charge in [-0.15, -0.1) is 0 Å². The zero-order chi connectivity index (χ0) is 14.9. The normalized spacial score (nSPS) is 12.6. The minimum Gasteiger partial charge on any atom is -0.460 e. The monoisotopic (exact) mass is 292 g/mol. The molecule has 0 amide bonds. The highest BCUT2D eigenvalue weighted by molar-refractivity contribution is 5.78. The molecule has 108 valence electrons. The summed E-state index contributed by atoms with van der Waals surface area (Å²) in [7, 11) is 0. The van der Waals surface area contributed by atoms with Crippen LogP contribution in [-0.4, -0.2) is 9.97 Å². The fourth-order valence-corrected chi connectivity index (χ4v) is 2.69. The lowest BCUT2D eigenvalue weighted by Crippen LogP contribution is -2.04. The molecule has 1 N–H and O–H groups in total. The molecule has 0 bridgehead atoms. The zero-order valence-corrected chi connectivity index (χ0v) is 11.7. The molecule has 4 rings (SSSR count). The Balaban J connectivity index is 1.88. The molecule has 4 heteroatoms. The largest absolute Gasteiger partial charge is 0.460 e. The number of furan rings is 1. The van der Waals surface area contributed by atoms with E-state index in [1.807, 2.05) is 30.3 Å². The Labute approximate surface area is 126 Å². The molecular weight excluding hydrogens is 279 g/mol. The molecule has 2 aromatic heterocycles. The van der Waals surface area contributed by atoms with Gasteiger partial charge < -0.3 is 9.40 Å². The molecule has 0 saturated carbocycles. The van der Waals surface area contributed by atoms with E-state index < -0.39 is 0 Å². The first-order chi connectivity index (χ1) is 10.8. The molecule has 0 fully saturated rings. The number of hydrogen-bond donors (Lipinski definition) is 1. The summed E-state index contributed by atoms with van der Waals surface area (Å²) < 4.78 is 19.2. The minimum absolute atomic E-state index is 0.192. The zero-order valence-electron chi connectivity index (χ0n) is 11.7. The van der Waals surface area contributed by atoms with Crippen LogP contribution in [0, 0.1) is 5.82 Å². The number of H-pyrrole nitrogens is 1. The molecule has 3 nitrogen and oxygen atoms in total. The van der Waals surface area contributed by atoms with Crippen LogP contribution in [-0.2, 0) is 0 Å². The number of para-hydroxylation sites is 1. The van der Waals surface area contributed by atoms with Gasteiger partial charge >= 0.3 is 0 Å². The molecule has 22 heavy (non-hydrogen) atoms. The van der Waals surface area contributed by atoms with Crippen LogP contribution in [0.15, 0.2) is 71.4 Å². The van der Waals surface area contributed by atoms with Crippen LogP contribution in [0.5, 0.6) is 0 Å². The van der Waals surface area contributed by atoms with Gasteiger partial charge in [-0.3, -0.25) is 0 Å². The molecule has 0 aliphatic carbocycles. The third-order valence-electron chi connectivity index (χ3n) is 3.73. The maximum absolute atomic E-state index is 13.2. The third-order valence-corrected chi connectivity index (χ3v) is 3.73. The Bertz CT molecular complexity index is 861. The van der Waals surface area contributed by atoms with E-state index in [1.165, 1.54) is 12.1 Å². The van der Waals surface area contributed by atoms with Crippen LogP contribution in [0.2, 0.25) is 0 Å². The number of nitrogens with zero attached hydrogens (tertiary/aromatic N) is 1. The molecule has 4 aromatic rings. The lowest BCUT2D eigenvalue weighted by atomic mass is 9.95. The van der Waals surface area contributed by atoms with Crippen molar-refractivity contribution >= 4 is 11.0 Å². The van der Waals surface area contributed by atoms with E-state index in [4.69, 9.17) is 4.42 Å². The Hall–Kier alpha value is -2.88. The predicted octanol–water partition coefficient (Wildman–Crippen LogP) is 4.48. The number of halogens is 1. The van der Waals surface area contributed by atoms with Crippen molar-refractivity contribution in [3.8, 4) is 0 Å². The fourth-order valence-electron chi connectivity index (χ4n) is 2.69. The fraction of sp³-hybridized carbons (Fsp3) is 0.0556. The van der Waals surface area contributed by atoms with Crippen molar-refractivity contribution in [3.63, 3.8) is 0 Å². The molecule has 0 saturated heterocycles. The topological polar surface area (TPSA) is 41.8 Å². The number of aromatic nitrogens is 2. The highest BCUT2D eigenvalue weighted by Gasteiger charge is 2.23. The van der Waals surface area contributed by atoms with Gasteiger partial charge in [0.15, 0.2) is 0 Å². The van der Waals surface area contributed by atoms with Crippen LogP contribution in [0.4, 0.5) is 4.39 Å². The second kappa shape index (κ2) is 5.15. The van der Waals surface area contributed by atoms with Gasteiger partial charge in [-0.1, -0.05) is 30.3 Å². The van der Waals surface area contributed by atoms with Crippen LogP contribution in [0.1, 0.15) is 23.1 Å². The van der Waals surface area contributed by atoms with Gasteiger partial charge in [0.05, 0.1) is 0 Å². The van der Waals surface area contributed by atoms with Gasteiger partial charge in [0.1, 0.15) is 28.9 Å². The standard InChI is InChI=1S/C18H13FN2O/c19-14-7-5-12(6-8-14)17(18-20-9-10-21-18)16-11-13-3-1-2-4-15(13)22-16/h1-11,17H,(H,20,21). The SMILES string of the molecule is Fc1ccc(C(c2ncc[nH]2)c2cc3ccccc3o2)cc1. The first-order valence-corrected chi connectivity index (χ1v) is 7.04. The van der Waals surface area contributed by atoms with E-state index in [0.29, 0.717) is 0 Å². The van der Waals surface area contributed by atoms with E-state index >= 15 is 0 Å². The summed E-state index contributed by atoms with van der Waals surface area (Å²) in [4.78, 5) is 7.48. The average Bonchev–Trinajstić information content (AvgIpc) is 3.19. The van der Waals surface area contributed by atoms with Crippen LogP contribution >= 0.6 is 0 Å². The highest BCUT2D eigenvalue weighted by atomic mass is 19.1. The number of fused-ring (bicyclic) bond motifs is 1. The van der Waals surface area contributed by atoms with E-state index in [1.54, 1.807) is 24.5 Å². The number of hydrogen-bond acceptors (Lipinski definition) is 2. The Kier molecular flexibility index (Phi) is 3.00. The van der Waals surface area contributed by atoms with Crippen LogP contribution in [0.3, 0.4) is 0 Å². The van der Waals surface area contributed by atoms with Gasteiger partial charge in [0.2, 0.25) is 0 Å². The van der Waals surface area contributed by atoms with Crippen molar-refractivity contribution in [2.75, 3.05) is 0 Å². The number of imidazole rings is 1. The van der Waals surface area contributed by atoms with Gasteiger partial charge in [-0.2, -0.15) is 0 Å². The molecule has 2 heterocycles. The first-order valence-electron chi connectivity index (χ1n) is 7.04. The third kappa shape index (κ3) is 2.19. The smallest absolute Gasteiger partial charge is 0.134 e. The van der Waals surface area contributed by atoms with Gasteiger partial charge in [0, 0.05) is 17.8 Å². The average molecular weight is 292 g/mol. The first kappa shape index (κ1) is 12.8. The van der Waals surface area contributed by atoms with Crippen molar-refractivity contribution in [2.45, 2.75) is 5.92 Å². The van der Waals surface area contributed by atoms with E-state index in [0.717, 1.165) is 28.1 Å². The second-order valence-electron chi connectivity index (χ2n) is 5.15. The molecule has 0 aliphatic heterocycles. The van der Waals surface area contributed by atoms with Crippen LogP contribution < -0.4 is 0 Å². The molecule has 2 aromatic carbocycles. The summed E-state index contributed by atoms with van der Waals surface area (Å²) >= 11 is 0. The molecule has 1 unspecified atom stereocenters. The Morgan fingerprint density at radius 2 is 1.86 bits per heavy atom. The maximum Gasteiger partial charge on any atom is 0.134 e. The lowest BCUT2D eigenvalue weighted by Gasteiger charge is -2.12. The Morgan fingerprint density at radius 3 is 2.59 bits per heavy atom. The van der Waals surface area contributed by atoms with E-state index in [2.05, 4.69) is 9.97 Å². The molecule has 0 radical (unpaired) electrons. The van der Waals surface area contributed by atoms with E-state index in [9.17, 15) is 4.39 Å². The van der Waals surface area contributed by atoms with Gasteiger partial charge in [-0.25, -0.2) is 9.37 Å². The summed E-state index contributed by atoms with van der Waals surface area (Å²) in [5.41, 5.74) is 1.76. The van der Waals surface area contributed by atoms with Crippen molar-refractivity contribution < 1.29 is 8.81 Å². The summed E-state index contributed by atoms with van der Waals surface area (Å²) in [6.45, 7) is 0. The van der Waals surface area contributed by atoms with Gasteiger partial charge in [0.25, 0.3) is 0 Å². The summed E-state index contributed by atoms with van der Waals surface area (Å²) in [5.74, 6) is 1.10. The summed E-state index contributed by atoms with van der Waals surface area (Å²) in [6.07, 6.45) is 3.48. The number of nitrogens with one attached hydrogen (secondary N) is 1. The molecule has 1 atom stereocenters. The maximum atomic E-state index is 13.2. The van der Waals surface area contributed by atoms with Gasteiger partial charge in [-0.05, 0) is 29.8 Å². The van der Waals surface area contributed by atoms with E-state index in [-0.39, 0.29) is 11.7 Å². The molecule has 0 aliphatic rings. The van der Waals surface area contributed by atoms with Crippen molar-refractivity contribution in [1.82, 2.24) is 9.97 Å². The molecular formula is C18H13FN2O. The second-order valence-corrected chi connectivity index (χ2v) is 5.15. The van der Waals surface area contributed by atoms with Crippen LogP contribution in [0.25, 0.3) is 11.0 Å². The highest BCUT2D eigenvalue weighted by Crippen LogP contribution is 2.33. The Morgan fingerprint density at radius 1 is 1.05 bits per heavy atom.